The van der Waals surface area contributed by atoms with E-state index in [0.29, 0.717) is 6.42 Å². The van der Waals surface area contributed by atoms with E-state index in [1.165, 1.54) is 0 Å². The Morgan fingerprint density at radius 3 is 2.06 bits per heavy atom. The van der Waals surface area contributed by atoms with Gasteiger partial charge in [-0.2, -0.15) is 0 Å². The summed E-state index contributed by atoms with van der Waals surface area (Å²) in [4.78, 5) is 33.3. The quantitative estimate of drug-likeness (QED) is 0.509. The Morgan fingerprint density at radius 1 is 1.18 bits per heavy atom. The molecule has 0 aromatic heterocycles. The number of primary amides is 2. The Morgan fingerprint density at radius 2 is 1.71 bits per heavy atom. The lowest BCUT2D eigenvalue weighted by Gasteiger charge is -2.22. The molecule has 4 N–H and O–H groups in total. The van der Waals surface area contributed by atoms with Crippen molar-refractivity contribution < 1.29 is 19.1 Å². The number of amides is 2. The number of nitrogens with two attached hydrogens (primary N) is 2. The van der Waals surface area contributed by atoms with Crippen LogP contribution in [-0.2, 0) is 19.1 Å². The van der Waals surface area contributed by atoms with Crippen LogP contribution in [0.5, 0.6) is 0 Å². The maximum atomic E-state index is 11.6. The lowest BCUT2D eigenvalue weighted by Crippen LogP contribution is -2.36. The highest BCUT2D eigenvalue weighted by atomic mass is 16.6. The Labute approximate surface area is 101 Å². The molecule has 0 rings (SSSR count). The topological polar surface area (TPSA) is 112 Å². The highest BCUT2D eigenvalue weighted by molar-refractivity contribution is 5.97. The molecule has 17 heavy (non-hydrogen) atoms. The Bertz CT molecular complexity index is 307. The number of carbonyl (C=O) groups excluding carboxylic acids is 3. The molecule has 0 bridgehead atoms. The minimum Gasteiger partial charge on any atom is -0.459 e. The van der Waals surface area contributed by atoms with E-state index in [1.54, 1.807) is 20.8 Å². The van der Waals surface area contributed by atoms with Crippen molar-refractivity contribution in [2.45, 2.75) is 45.6 Å². The van der Waals surface area contributed by atoms with Gasteiger partial charge in [0, 0.05) is 6.42 Å². The number of hydrogen-bond donors (Lipinski definition) is 2. The first-order valence-corrected chi connectivity index (χ1v) is 5.44. The van der Waals surface area contributed by atoms with Gasteiger partial charge in [-0.3, -0.25) is 14.4 Å². The fraction of sp³-hybridized carbons (Fsp3) is 0.727. The van der Waals surface area contributed by atoms with Gasteiger partial charge >= 0.3 is 5.97 Å². The summed E-state index contributed by atoms with van der Waals surface area (Å²) >= 11 is 0. The monoisotopic (exact) mass is 244 g/mol. The molecule has 0 aliphatic rings. The Hall–Kier alpha value is -1.59. The highest BCUT2D eigenvalue weighted by Gasteiger charge is 2.29. The van der Waals surface area contributed by atoms with E-state index in [9.17, 15) is 14.4 Å². The summed E-state index contributed by atoms with van der Waals surface area (Å²) < 4.78 is 5.06. The van der Waals surface area contributed by atoms with Crippen molar-refractivity contribution in [1.82, 2.24) is 0 Å². The molecular weight excluding hydrogens is 224 g/mol. The minimum absolute atomic E-state index is 0.118. The second-order valence-electron chi connectivity index (χ2n) is 4.85. The molecule has 0 spiro atoms. The van der Waals surface area contributed by atoms with Gasteiger partial charge in [-0.15, -0.1) is 0 Å². The third-order valence-corrected chi connectivity index (χ3v) is 1.95. The van der Waals surface area contributed by atoms with Gasteiger partial charge in [0.15, 0.2) is 0 Å². The minimum atomic E-state index is -1.02. The molecule has 0 fully saturated rings. The van der Waals surface area contributed by atoms with E-state index in [1.807, 2.05) is 0 Å². The third-order valence-electron chi connectivity index (χ3n) is 1.95. The summed E-state index contributed by atoms with van der Waals surface area (Å²) in [5.74, 6) is -2.90. The van der Waals surface area contributed by atoms with Crippen LogP contribution < -0.4 is 11.5 Å². The summed E-state index contributed by atoms with van der Waals surface area (Å²) in [6, 6.07) is 0. The lowest BCUT2D eigenvalue weighted by molar-refractivity contribution is -0.162. The molecule has 0 aromatic carbocycles. The van der Waals surface area contributed by atoms with Crippen LogP contribution in [0.1, 0.15) is 40.0 Å². The standard InChI is InChI=1S/C11H20N2O4/c1-11(2,3)17-10(16)7(9(13)15)5-4-6-8(12)14/h7H,4-6H2,1-3H3,(H2,12,14)(H2,13,15). The zero-order valence-corrected chi connectivity index (χ0v) is 10.5. The van der Waals surface area contributed by atoms with Crippen LogP contribution in [0.15, 0.2) is 0 Å². The summed E-state index contributed by atoms with van der Waals surface area (Å²) in [5, 5.41) is 0. The molecule has 0 radical (unpaired) electrons. The highest BCUT2D eigenvalue weighted by Crippen LogP contribution is 2.15. The van der Waals surface area contributed by atoms with Gasteiger partial charge < -0.3 is 16.2 Å². The van der Waals surface area contributed by atoms with Crippen LogP contribution in [0.2, 0.25) is 0 Å². The zero-order chi connectivity index (χ0) is 13.6. The van der Waals surface area contributed by atoms with Crippen LogP contribution in [0, 0.1) is 5.92 Å². The molecule has 2 amide bonds. The summed E-state index contributed by atoms with van der Waals surface area (Å²) in [5.41, 5.74) is 9.41. The van der Waals surface area contributed by atoms with Crippen molar-refractivity contribution >= 4 is 17.8 Å². The average molecular weight is 244 g/mol. The van der Waals surface area contributed by atoms with E-state index in [-0.39, 0.29) is 12.8 Å². The van der Waals surface area contributed by atoms with E-state index in [0.717, 1.165) is 0 Å². The third kappa shape index (κ3) is 7.32. The molecule has 0 saturated carbocycles. The van der Waals surface area contributed by atoms with Crippen molar-refractivity contribution in [1.29, 1.82) is 0 Å². The van der Waals surface area contributed by atoms with E-state index in [2.05, 4.69) is 0 Å². The first-order chi connectivity index (χ1) is 7.63. The molecule has 98 valence electrons. The predicted molar refractivity (Wildman–Crippen MR) is 61.6 cm³/mol. The van der Waals surface area contributed by atoms with Gasteiger partial charge in [0.1, 0.15) is 11.5 Å². The van der Waals surface area contributed by atoms with Crippen LogP contribution in [0.3, 0.4) is 0 Å². The molecule has 0 heterocycles. The van der Waals surface area contributed by atoms with Gasteiger partial charge in [-0.05, 0) is 33.6 Å². The number of ether oxygens (including phenoxy) is 1. The van der Waals surface area contributed by atoms with Crippen LogP contribution in [0.25, 0.3) is 0 Å². The molecule has 6 heteroatoms. The first kappa shape index (κ1) is 15.4. The summed E-state index contributed by atoms with van der Waals surface area (Å²) in [6.45, 7) is 5.10. The first-order valence-electron chi connectivity index (χ1n) is 5.44. The second kappa shape index (κ2) is 6.22. The molecule has 1 unspecified atom stereocenters. The van der Waals surface area contributed by atoms with Crippen LogP contribution in [-0.4, -0.2) is 23.4 Å². The maximum absolute atomic E-state index is 11.6. The lowest BCUT2D eigenvalue weighted by atomic mass is 10.0. The summed E-state index contributed by atoms with van der Waals surface area (Å²) in [6.07, 6.45) is 0.627. The van der Waals surface area contributed by atoms with E-state index in [4.69, 9.17) is 16.2 Å². The van der Waals surface area contributed by atoms with Crippen molar-refractivity contribution in [2.24, 2.45) is 17.4 Å². The summed E-state index contributed by atoms with van der Waals surface area (Å²) in [7, 11) is 0. The molecule has 0 aromatic rings. The smallest absolute Gasteiger partial charge is 0.318 e. The van der Waals surface area contributed by atoms with Crippen LogP contribution in [0.4, 0.5) is 0 Å². The van der Waals surface area contributed by atoms with Crippen molar-refractivity contribution in [3.05, 3.63) is 0 Å². The van der Waals surface area contributed by atoms with Gasteiger partial charge in [0.2, 0.25) is 11.8 Å². The van der Waals surface area contributed by atoms with E-state index >= 15 is 0 Å². The molecule has 1 atom stereocenters. The van der Waals surface area contributed by atoms with Gasteiger partial charge in [0.05, 0.1) is 0 Å². The SMILES string of the molecule is CC(C)(C)OC(=O)C(CCCC(N)=O)C(N)=O. The van der Waals surface area contributed by atoms with Crippen molar-refractivity contribution in [3.8, 4) is 0 Å². The van der Waals surface area contributed by atoms with Gasteiger partial charge in [-0.25, -0.2) is 0 Å². The normalized spacial score (nSPS) is 12.9. The predicted octanol–water partition coefficient (Wildman–Crippen LogP) is 0.0852. The second-order valence-corrected chi connectivity index (χ2v) is 4.85. The van der Waals surface area contributed by atoms with Crippen LogP contribution >= 0.6 is 0 Å². The molecule has 0 aliphatic carbocycles. The van der Waals surface area contributed by atoms with Crippen molar-refractivity contribution in [2.75, 3.05) is 0 Å². The number of esters is 1. The fourth-order valence-electron chi connectivity index (χ4n) is 1.23. The van der Waals surface area contributed by atoms with E-state index < -0.39 is 29.3 Å². The zero-order valence-electron chi connectivity index (χ0n) is 10.5. The fourth-order valence-corrected chi connectivity index (χ4v) is 1.23. The van der Waals surface area contributed by atoms with Gasteiger partial charge in [0.25, 0.3) is 0 Å². The number of hydrogen-bond acceptors (Lipinski definition) is 4. The largest absolute Gasteiger partial charge is 0.459 e. The van der Waals surface area contributed by atoms with Gasteiger partial charge in [-0.1, -0.05) is 0 Å². The Kier molecular flexibility index (Phi) is 5.64. The maximum Gasteiger partial charge on any atom is 0.318 e. The molecule has 0 aliphatic heterocycles. The molecular formula is C11H20N2O4. The average Bonchev–Trinajstić information content (AvgIpc) is 2.07. The molecule has 0 saturated heterocycles. The number of rotatable bonds is 6. The number of carbonyl (C=O) groups is 3. The van der Waals surface area contributed by atoms with Crippen molar-refractivity contribution in [3.63, 3.8) is 0 Å². The molecule has 6 nitrogen and oxygen atoms in total. The Balaban J connectivity index is 4.38.